The minimum absolute atomic E-state index is 0.0124. The first kappa shape index (κ1) is 24.8. The third-order valence-corrected chi connectivity index (χ3v) is 7.66. The van der Waals surface area contributed by atoms with Gasteiger partial charge in [-0.25, -0.2) is 0 Å². The van der Waals surface area contributed by atoms with E-state index in [4.69, 9.17) is 16.2 Å². The fourth-order valence-electron chi connectivity index (χ4n) is 6.08. The summed E-state index contributed by atoms with van der Waals surface area (Å²) < 4.78 is 5.80. The van der Waals surface area contributed by atoms with E-state index in [-0.39, 0.29) is 60.4 Å². The van der Waals surface area contributed by atoms with Crippen LogP contribution in [0.1, 0.15) is 52.4 Å². The molecule has 33 heavy (non-hydrogen) atoms. The molecule has 0 aromatic rings. The van der Waals surface area contributed by atoms with Crippen LogP contribution >= 0.6 is 0 Å². The fourth-order valence-corrected chi connectivity index (χ4v) is 6.08. The normalized spacial score (nSPS) is 41.0. The molecule has 1 aliphatic carbocycles. The van der Waals surface area contributed by atoms with Crippen molar-refractivity contribution in [3.8, 4) is 0 Å². The Morgan fingerprint density at radius 1 is 1.06 bits per heavy atom. The van der Waals surface area contributed by atoms with Crippen molar-refractivity contribution in [2.24, 2.45) is 23.3 Å². The molecule has 7 N–H and O–H groups in total. The van der Waals surface area contributed by atoms with Crippen LogP contribution in [-0.4, -0.2) is 91.1 Å². The van der Waals surface area contributed by atoms with Gasteiger partial charge in [-0.15, -0.1) is 0 Å². The molecule has 1 saturated carbocycles. The number of ether oxygens (including phenoxy) is 1. The van der Waals surface area contributed by atoms with Crippen LogP contribution in [-0.2, 0) is 14.3 Å². The summed E-state index contributed by atoms with van der Waals surface area (Å²) in [4.78, 5) is 29.7. The molecular weight excluding hydrogens is 422 g/mol. The van der Waals surface area contributed by atoms with Crippen LogP contribution in [0.4, 0.5) is 0 Å². The molecule has 3 heterocycles. The highest BCUT2D eigenvalue weighted by molar-refractivity contribution is 5.79. The Kier molecular flexibility index (Phi) is 8.24. The number of nitrogens with zero attached hydrogens (tertiary/aromatic N) is 2. The molecule has 5 unspecified atom stereocenters. The van der Waals surface area contributed by atoms with E-state index in [1.165, 1.54) is 0 Å². The second kappa shape index (κ2) is 11.0. The van der Waals surface area contributed by atoms with Gasteiger partial charge in [0, 0.05) is 50.7 Å². The Balaban J connectivity index is 1.36. The number of hydrogen-bond acceptors (Lipinski definition) is 8. The van der Waals surface area contributed by atoms with E-state index < -0.39 is 0 Å². The smallest absolute Gasteiger partial charge is 0.225 e. The predicted molar refractivity (Wildman–Crippen MR) is 126 cm³/mol. The monoisotopic (exact) mass is 465 g/mol. The number of nitrogens with one attached hydrogen (secondary N) is 3. The van der Waals surface area contributed by atoms with Gasteiger partial charge < -0.3 is 21.1 Å². The lowest BCUT2D eigenvalue weighted by atomic mass is 9.84. The summed E-state index contributed by atoms with van der Waals surface area (Å²) in [7, 11) is 0. The molecule has 0 bridgehead atoms. The summed E-state index contributed by atoms with van der Waals surface area (Å²) >= 11 is 0. The van der Waals surface area contributed by atoms with Crippen molar-refractivity contribution in [2.75, 3.05) is 32.7 Å². The molecule has 188 valence electrons. The van der Waals surface area contributed by atoms with Crippen molar-refractivity contribution in [1.29, 1.82) is 0 Å². The summed E-state index contributed by atoms with van der Waals surface area (Å²) in [5.74, 6) is -0.412. The van der Waals surface area contributed by atoms with Gasteiger partial charge >= 0.3 is 0 Å². The maximum atomic E-state index is 13.3. The highest BCUT2D eigenvalue weighted by atomic mass is 16.5. The quantitative estimate of drug-likeness (QED) is 0.352. The van der Waals surface area contributed by atoms with Crippen LogP contribution in [0.5, 0.6) is 0 Å². The van der Waals surface area contributed by atoms with Crippen LogP contribution in [0.3, 0.4) is 0 Å². The minimum Gasteiger partial charge on any atom is -0.372 e. The maximum Gasteiger partial charge on any atom is 0.225 e. The van der Waals surface area contributed by atoms with Crippen LogP contribution in [0.2, 0.25) is 0 Å². The summed E-state index contributed by atoms with van der Waals surface area (Å²) in [5.41, 5.74) is 11.9. The molecule has 0 radical (unpaired) electrons. The van der Waals surface area contributed by atoms with Crippen LogP contribution in [0.25, 0.3) is 0 Å². The molecule has 4 fully saturated rings. The number of nitrogens with two attached hydrogens (primary N) is 2. The van der Waals surface area contributed by atoms with Crippen molar-refractivity contribution in [3.05, 3.63) is 0 Å². The number of primary amides is 1. The molecule has 0 spiro atoms. The van der Waals surface area contributed by atoms with E-state index in [9.17, 15) is 9.59 Å². The molecule has 0 aromatic carbocycles. The third-order valence-electron chi connectivity index (χ3n) is 7.66. The number of rotatable bonds is 5. The molecule has 4 rings (SSSR count). The topological polar surface area (TPSA) is 138 Å². The highest BCUT2D eigenvalue weighted by Crippen LogP contribution is 2.28. The Hall–Kier alpha value is -1.30. The van der Waals surface area contributed by atoms with Gasteiger partial charge in [-0.3, -0.25) is 30.4 Å². The van der Waals surface area contributed by atoms with E-state index >= 15 is 0 Å². The van der Waals surface area contributed by atoms with Crippen LogP contribution in [0.15, 0.2) is 0 Å². The molecule has 2 amide bonds. The molecule has 3 aliphatic heterocycles. The average Bonchev–Trinajstić information content (AvgIpc) is 2.78. The Morgan fingerprint density at radius 3 is 2.52 bits per heavy atom. The zero-order valence-electron chi connectivity index (χ0n) is 20.2. The van der Waals surface area contributed by atoms with Gasteiger partial charge in [-0.1, -0.05) is 6.42 Å². The second-order valence-electron chi connectivity index (χ2n) is 10.6. The van der Waals surface area contributed by atoms with E-state index in [0.717, 1.165) is 51.6 Å². The zero-order chi connectivity index (χ0) is 23.5. The van der Waals surface area contributed by atoms with Crippen LogP contribution < -0.4 is 27.4 Å². The van der Waals surface area contributed by atoms with Crippen molar-refractivity contribution >= 4 is 11.8 Å². The Morgan fingerprint density at radius 2 is 1.82 bits per heavy atom. The Labute approximate surface area is 197 Å². The number of morpholine rings is 1. The van der Waals surface area contributed by atoms with Gasteiger partial charge in [0.15, 0.2) is 0 Å². The van der Waals surface area contributed by atoms with E-state index in [1.807, 2.05) is 18.7 Å². The molecule has 3 saturated heterocycles. The van der Waals surface area contributed by atoms with E-state index in [1.54, 1.807) is 0 Å². The van der Waals surface area contributed by atoms with Crippen molar-refractivity contribution in [2.45, 2.75) is 89.1 Å². The predicted octanol–water partition coefficient (Wildman–Crippen LogP) is -0.902. The summed E-state index contributed by atoms with van der Waals surface area (Å²) in [6, 6.07) is 0.351. The zero-order valence-corrected chi connectivity index (χ0v) is 20.2. The minimum atomic E-state index is -0.350. The highest BCUT2D eigenvalue weighted by Gasteiger charge is 2.39. The van der Waals surface area contributed by atoms with Crippen molar-refractivity contribution in [1.82, 2.24) is 25.8 Å². The number of piperidine rings is 1. The first-order valence-electron chi connectivity index (χ1n) is 12.8. The summed E-state index contributed by atoms with van der Waals surface area (Å²) in [5, 5.41) is 10.7. The van der Waals surface area contributed by atoms with E-state index in [2.05, 4.69) is 20.9 Å². The number of hydrogen-bond donors (Lipinski definition) is 5. The summed E-state index contributed by atoms with van der Waals surface area (Å²) in [6.45, 7) is 7.71. The lowest BCUT2D eigenvalue weighted by Gasteiger charge is -2.46. The Bertz CT molecular complexity index is 685. The fraction of sp³-hybridized carbons (Fsp3) is 0.913. The molecule has 4 aliphatic rings. The van der Waals surface area contributed by atoms with Gasteiger partial charge in [0.05, 0.1) is 24.3 Å². The van der Waals surface area contributed by atoms with Crippen LogP contribution in [0, 0.1) is 11.8 Å². The first-order valence-corrected chi connectivity index (χ1v) is 12.8. The largest absolute Gasteiger partial charge is 0.372 e. The van der Waals surface area contributed by atoms with Gasteiger partial charge in [-0.2, -0.15) is 0 Å². The molecular formula is C23H43N7O3. The standard InChI is InChI=1S/C23H43N7O3/c1-14-11-30(12-15(2)33-14)22(32)16-5-3-7-18(9-16)27-21-19(20(25)31)10-26-23(28-21)29-8-4-6-17(24)13-29/h14-19,21,23,26-28H,3-13,24H2,1-2H3,(H2,25,31)/t14-,15+,16?,17-,18?,19?,21?,23?/m0/s1. The third kappa shape index (κ3) is 6.23. The average molecular weight is 466 g/mol. The van der Waals surface area contributed by atoms with Gasteiger partial charge in [0.1, 0.15) is 6.29 Å². The van der Waals surface area contributed by atoms with Gasteiger partial charge in [0.25, 0.3) is 0 Å². The molecule has 8 atom stereocenters. The maximum absolute atomic E-state index is 13.3. The van der Waals surface area contributed by atoms with Crippen molar-refractivity contribution in [3.63, 3.8) is 0 Å². The lowest BCUT2D eigenvalue weighted by Crippen LogP contribution is -2.72. The molecule has 10 nitrogen and oxygen atoms in total. The number of likely N-dealkylation sites (tertiary alicyclic amines) is 1. The molecule has 0 aromatic heterocycles. The second-order valence-corrected chi connectivity index (χ2v) is 10.6. The number of carbonyl (C=O) groups excluding carboxylic acids is 2. The van der Waals surface area contributed by atoms with Gasteiger partial charge in [0.2, 0.25) is 11.8 Å². The van der Waals surface area contributed by atoms with Crippen molar-refractivity contribution < 1.29 is 14.3 Å². The molecule has 10 heteroatoms. The van der Waals surface area contributed by atoms with Gasteiger partial charge in [-0.05, 0) is 46.0 Å². The first-order chi connectivity index (χ1) is 15.8. The SMILES string of the molecule is C[C@@H]1CN(C(=O)C2CCCC(NC3NC(N4CCC[C@H](N)C4)NCC3C(N)=O)C2)C[C@H](C)O1. The number of amides is 2. The number of carbonyl (C=O) groups is 2. The summed E-state index contributed by atoms with van der Waals surface area (Å²) in [6.07, 6.45) is 5.71. The lowest BCUT2D eigenvalue weighted by molar-refractivity contribution is -0.148. The van der Waals surface area contributed by atoms with E-state index in [0.29, 0.717) is 19.6 Å².